The molecule has 1 fully saturated rings. The summed E-state index contributed by atoms with van der Waals surface area (Å²) in [5.74, 6) is 1.18. The predicted molar refractivity (Wildman–Crippen MR) is 70.5 cm³/mol. The molecule has 0 spiro atoms. The number of hydrogen-bond acceptors (Lipinski definition) is 3. The van der Waals surface area contributed by atoms with E-state index in [1.165, 1.54) is 6.92 Å². The number of carbonyl (C=O) groups excluding carboxylic acids is 1. The highest BCUT2D eigenvalue weighted by Crippen LogP contribution is 2.27. The standard InChI is InChI=1S/C14H17ClO3/c1-10(16)12-2-3-14(13(15)8-12)18-9-11-4-6-17-7-5-11/h2-3,8,11H,4-7,9H2,1H3. The molecule has 0 amide bonds. The van der Waals surface area contributed by atoms with Crippen molar-refractivity contribution in [2.24, 2.45) is 5.92 Å². The van der Waals surface area contributed by atoms with Gasteiger partial charge >= 0.3 is 0 Å². The lowest BCUT2D eigenvalue weighted by molar-refractivity contribution is 0.0497. The van der Waals surface area contributed by atoms with Gasteiger partial charge in [0.25, 0.3) is 0 Å². The fourth-order valence-corrected chi connectivity index (χ4v) is 2.19. The second-order valence-electron chi connectivity index (χ2n) is 4.57. The maximum absolute atomic E-state index is 11.2. The van der Waals surface area contributed by atoms with Crippen LogP contribution in [0.2, 0.25) is 5.02 Å². The molecule has 1 aromatic carbocycles. The molecule has 0 saturated carbocycles. The molecular weight excluding hydrogens is 252 g/mol. The summed E-state index contributed by atoms with van der Waals surface area (Å²) in [5, 5.41) is 0.495. The van der Waals surface area contributed by atoms with Crippen LogP contribution >= 0.6 is 11.6 Å². The van der Waals surface area contributed by atoms with E-state index in [1.54, 1.807) is 18.2 Å². The normalized spacial score (nSPS) is 16.6. The summed E-state index contributed by atoms with van der Waals surface area (Å²) >= 11 is 6.09. The van der Waals surface area contributed by atoms with Gasteiger partial charge in [-0.25, -0.2) is 0 Å². The molecule has 0 unspecified atom stereocenters. The van der Waals surface area contributed by atoms with Crippen LogP contribution in [0.1, 0.15) is 30.1 Å². The number of benzene rings is 1. The van der Waals surface area contributed by atoms with E-state index in [-0.39, 0.29) is 5.78 Å². The summed E-state index contributed by atoms with van der Waals surface area (Å²) in [7, 11) is 0. The minimum absolute atomic E-state index is 0.00730. The number of Topliss-reactive ketones (excluding diaryl/α,β-unsaturated/α-hetero) is 1. The molecule has 4 heteroatoms. The molecule has 2 rings (SSSR count). The molecule has 0 radical (unpaired) electrons. The monoisotopic (exact) mass is 268 g/mol. The smallest absolute Gasteiger partial charge is 0.159 e. The van der Waals surface area contributed by atoms with Gasteiger partial charge in [-0.3, -0.25) is 4.79 Å². The molecule has 98 valence electrons. The summed E-state index contributed by atoms with van der Waals surface area (Å²) in [6, 6.07) is 5.16. The Morgan fingerprint density at radius 1 is 1.44 bits per heavy atom. The van der Waals surface area contributed by atoms with E-state index in [9.17, 15) is 4.79 Å². The van der Waals surface area contributed by atoms with Crippen molar-refractivity contribution in [2.75, 3.05) is 19.8 Å². The van der Waals surface area contributed by atoms with E-state index in [4.69, 9.17) is 21.1 Å². The molecule has 1 aromatic rings. The zero-order valence-corrected chi connectivity index (χ0v) is 11.2. The first-order valence-electron chi connectivity index (χ1n) is 6.18. The lowest BCUT2D eigenvalue weighted by Gasteiger charge is -2.22. The number of ether oxygens (including phenoxy) is 2. The summed E-state index contributed by atoms with van der Waals surface area (Å²) in [5.41, 5.74) is 0.610. The molecule has 1 aliphatic rings. The van der Waals surface area contributed by atoms with Gasteiger partial charge in [0.15, 0.2) is 5.78 Å². The van der Waals surface area contributed by atoms with Crippen molar-refractivity contribution in [2.45, 2.75) is 19.8 Å². The van der Waals surface area contributed by atoms with Crippen molar-refractivity contribution in [3.05, 3.63) is 28.8 Å². The van der Waals surface area contributed by atoms with Crippen molar-refractivity contribution in [3.8, 4) is 5.75 Å². The number of halogens is 1. The first-order valence-corrected chi connectivity index (χ1v) is 6.55. The third-order valence-electron chi connectivity index (χ3n) is 3.15. The summed E-state index contributed by atoms with van der Waals surface area (Å²) in [6.45, 7) is 3.80. The van der Waals surface area contributed by atoms with Crippen LogP contribution in [0.5, 0.6) is 5.75 Å². The molecule has 1 saturated heterocycles. The van der Waals surface area contributed by atoms with Crippen LogP contribution < -0.4 is 4.74 Å². The van der Waals surface area contributed by atoms with Crippen LogP contribution in [0.4, 0.5) is 0 Å². The quantitative estimate of drug-likeness (QED) is 0.786. The molecule has 0 atom stereocenters. The average Bonchev–Trinajstić information content (AvgIpc) is 2.38. The molecule has 3 nitrogen and oxygen atoms in total. The molecular formula is C14H17ClO3. The molecule has 0 aromatic heterocycles. The molecule has 1 aliphatic heterocycles. The van der Waals surface area contributed by atoms with Gasteiger partial charge < -0.3 is 9.47 Å². The summed E-state index contributed by atoms with van der Waals surface area (Å²) in [4.78, 5) is 11.2. The zero-order chi connectivity index (χ0) is 13.0. The van der Waals surface area contributed by atoms with Crippen molar-refractivity contribution in [3.63, 3.8) is 0 Å². The van der Waals surface area contributed by atoms with Gasteiger partial charge in [-0.05, 0) is 43.9 Å². The second kappa shape index (κ2) is 6.21. The average molecular weight is 269 g/mol. The first kappa shape index (κ1) is 13.4. The van der Waals surface area contributed by atoms with Gasteiger partial charge in [-0.2, -0.15) is 0 Å². The van der Waals surface area contributed by atoms with Crippen molar-refractivity contribution < 1.29 is 14.3 Å². The summed E-state index contributed by atoms with van der Waals surface area (Å²) < 4.78 is 11.0. The van der Waals surface area contributed by atoms with E-state index in [0.29, 0.717) is 28.9 Å². The van der Waals surface area contributed by atoms with Gasteiger partial charge in [0, 0.05) is 18.8 Å². The van der Waals surface area contributed by atoms with Crippen LogP contribution in [-0.4, -0.2) is 25.6 Å². The van der Waals surface area contributed by atoms with E-state index in [2.05, 4.69) is 0 Å². The maximum Gasteiger partial charge on any atom is 0.159 e. The predicted octanol–water partition coefficient (Wildman–Crippen LogP) is 3.35. The molecule has 0 bridgehead atoms. The van der Waals surface area contributed by atoms with Crippen LogP contribution in [0.15, 0.2) is 18.2 Å². The molecule has 0 N–H and O–H groups in total. The lowest BCUT2D eigenvalue weighted by atomic mass is 10.0. The Hall–Kier alpha value is -1.06. The number of hydrogen-bond donors (Lipinski definition) is 0. The van der Waals surface area contributed by atoms with Gasteiger partial charge in [-0.1, -0.05) is 11.6 Å². The lowest BCUT2D eigenvalue weighted by Crippen LogP contribution is -2.21. The Kier molecular flexibility index (Phi) is 4.61. The van der Waals surface area contributed by atoms with Crippen molar-refractivity contribution in [1.29, 1.82) is 0 Å². The van der Waals surface area contributed by atoms with Crippen molar-refractivity contribution >= 4 is 17.4 Å². The third kappa shape index (κ3) is 3.47. The second-order valence-corrected chi connectivity index (χ2v) is 4.98. The third-order valence-corrected chi connectivity index (χ3v) is 3.45. The number of rotatable bonds is 4. The SMILES string of the molecule is CC(=O)c1ccc(OCC2CCOCC2)c(Cl)c1. The Labute approximate surface area is 112 Å². The Bertz CT molecular complexity index is 425. The van der Waals surface area contributed by atoms with Gasteiger partial charge in [0.1, 0.15) is 5.75 Å². The highest BCUT2D eigenvalue weighted by molar-refractivity contribution is 6.32. The van der Waals surface area contributed by atoms with Crippen LogP contribution in [0.25, 0.3) is 0 Å². The van der Waals surface area contributed by atoms with Crippen LogP contribution in [0, 0.1) is 5.92 Å². The fraction of sp³-hybridized carbons (Fsp3) is 0.500. The first-order chi connectivity index (χ1) is 8.66. The highest BCUT2D eigenvalue weighted by atomic mass is 35.5. The maximum atomic E-state index is 11.2. The van der Waals surface area contributed by atoms with E-state index in [0.717, 1.165) is 26.1 Å². The van der Waals surface area contributed by atoms with Crippen LogP contribution in [-0.2, 0) is 4.74 Å². The Morgan fingerprint density at radius 2 is 2.17 bits per heavy atom. The van der Waals surface area contributed by atoms with Gasteiger partial charge in [0.05, 0.1) is 11.6 Å². The molecule has 1 heterocycles. The van der Waals surface area contributed by atoms with Crippen molar-refractivity contribution in [1.82, 2.24) is 0 Å². The van der Waals surface area contributed by atoms with Gasteiger partial charge in [-0.15, -0.1) is 0 Å². The topological polar surface area (TPSA) is 35.5 Å². The van der Waals surface area contributed by atoms with Gasteiger partial charge in [0.2, 0.25) is 0 Å². The highest BCUT2D eigenvalue weighted by Gasteiger charge is 2.15. The number of carbonyl (C=O) groups is 1. The summed E-state index contributed by atoms with van der Waals surface area (Å²) in [6.07, 6.45) is 2.06. The van der Waals surface area contributed by atoms with E-state index >= 15 is 0 Å². The van der Waals surface area contributed by atoms with E-state index < -0.39 is 0 Å². The minimum Gasteiger partial charge on any atom is -0.492 e. The van der Waals surface area contributed by atoms with E-state index in [1.807, 2.05) is 0 Å². The zero-order valence-electron chi connectivity index (χ0n) is 10.4. The number of ketones is 1. The minimum atomic E-state index is 0.00730. The fourth-order valence-electron chi connectivity index (χ4n) is 1.96. The van der Waals surface area contributed by atoms with Crippen LogP contribution in [0.3, 0.4) is 0 Å². The molecule has 0 aliphatic carbocycles. The largest absolute Gasteiger partial charge is 0.492 e. The Balaban J connectivity index is 1.94. The Morgan fingerprint density at radius 3 is 2.78 bits per heavy atom. The molecule has 18 heavy (non-hydrogen) atoms.